The summed E-state index contributed by atoms with van der Waals surface area (Å²) < 4.78 is 6.47. The number of carbonyl (C=O) groups is 2. The topological polar surface area (TPSA) is 101 Å². The van der Waals surface area contributed by atoms with Crippen molar-refractivity contribution in [1.82, 2.24) is 25.3 Å². The van der Waals surface area contributed by atoms with Crippen molar-refractivity contribution in [3.8, 4) is 6.07 Å². The Morgan fingerprint density at radius 3 is 2.76 bits per heavy atom. The third kappa shape index (κ3) is 5.49. The van der Waals surface area contributed by atoms with Gasteiger partial charge < -0.3 is 14.5 Å². The lowest BCUT2D eigenvalue weighted by atomic mass is 9.59. The third-order valence-electron chi connectivity index (χ3n) is 10.6. The van der Waals surface area contributed by atoms with Gasteiger partial charge in [-0.3, -0.25) is 25.1 Å². The number of rotatable bonds is 6. The molecule has 0 bridgehead atoms. The van der Waals surface area contributed by atoms with Crippen LogP contribution in [0, 0.1) is 22.7 Å². The molecule has 2 N–H and O–H groups in total. The number of amides is 1. The Labute approximate surface area is 243 Å². The maximum atomic E-state index is 14.5. The number of ether oxygens (including phenoxy) is 1. The lowest BCUT2D eigenvalue weighted by molar-refractivity contribution is -0.154. The van der Waals surface area contributed by atoms with Crippen LogP contribution in [-0.4, -0.2) is 96.9 Å². The summed E-state index contributed by atoms with van der Waals surface area (Å²) in [7, 11) is 2.15. The Bertz CT molecular complexity index is 1200. The smallest absolute Gasteiger partial charge is 0.246 e. The summed E-state index contributed by atoms with van der Waals surface area (Å²) in [6, 6.07) is 10.7. The number of carbonyl (C=O) groups excluding carboxylic acids is 2. The van der Waals surface area contributed by atoms with Gasteiger partial charge in [0.05, 0.1) is 37.3 Å². The third-order valence-corrected chi connectivity index (χ3v) is 10.6. The van der Waals surface area contributed by atoms with E-state index in [1.54, 1.807) is 4.90 Å². The van der Waals surface area contributed by atoms with Crippen LogP contribution in [-0.2, 0) is 27.2 Å². The molecule has 9 heteroatoms. The van der Waals surface area contributed by atoms with Gasteiger partial charge in [0.15, 0.2) is 12.1 Å². The molecule has 7 atom stereocenters. The van der Waals surface area contributed by atoms with Crippen LogP contribution in [0.4, 0.5) is 0 Å². The summed E-state index contributed by atoms with van der Waals surface area (Å²) in [5.41, 5.74) is 2.36. The first-order chi connectivity index (χ1) is 19.9. The highest BCUT2D eigenvalue weighted by Gasteiger charge is 2.55. The Hall–Kier alpha value is -2.61. The minimum Gasteiger partial charge on any atom is -0.348 e. The van der Waals surface area contributed by atoms with Gasteiger partial charge in [-0.1, -0.05) is 30.8 Å². The minimum atomic E-state index is -0.438. The Morgan fingerprint density at radius 2 is 2.00 bits per heavy atom. The molecule has 1 saturated carbocycles. The maximum Gasteiger partial charge on any atom is 0.246 e. The summed E-state index contributed by atoms with van der Waals surface area (Å²) in [5.74, 6) is 0.286. The first-order valence-electron chi connectivity index (χ1n) is 15.4. The summed E-state index contributed by atoms with van der Waals surface area (Å²) in [5, 5.41) is 16.9. The molecule has 3 heterocycles. The normalized spacial score (nSPS) is 36.0. The Morgan fingerprint density at radius 1 is 1.17 bits per heavy atom. The molecule has 1 aromatic rings. The van der Waals surface area contributed by atoms with Crippen LogP contribution in [0.5, 0.6) is 0 Å². The standard InChI is InChI=1S/C32H44N6O3/c1-3-27(39)38-18-17-37(20-24(38)12-15-33)30-26-11-14-32(13-10-22-7-4-5-8-23(22)19-32)29(40)28(26)34-31(35-30)41-21-25-9-6-16-36(25)2/h3-5,7-8,24-26,28,30-31,34-35H,1,6,9-14,16-21H2,2H3. The molecule has 7 unspecified atom stereocenters. The second kappa shape index (κ2) is 11.9. The van der Waals surface area contributed by atoms with Gasteiger partial charge in [-0.2, -0.15) is 5.26 Å². The van der Waals surface area contributed by atoms with Crippen molar-refractivity contribution in [2.75, 3.05) is 39.8 Å². The van der Waals surface area contributed by atoms with Gasteiger partial charge in [0.2, 0.25) is 5.91 Å². The first kappa shape index (κ1) is 28.5. The zero-order valence-corrected chi connectivity index (χ0v) is 24.3. The number of nitriles is 1. The van der Waals surface area contributed by atoms with Crippen molar-refractivity contribution in [2.24, 2.45) is 11.3 Å². The molecule has 3 saturated heterocycles. The van der Waals surface area contributed by atoms with Crippen LogP contribution in [0.15, 0.2) is 36.9 Å². The van der Waals surface area contributed by atoms with Crippen LogP contribution >= 0.6 is 0 Å². The van der Waals surface area contributed by atoms with E-state index >= 15 is 0 Å². The van der Waals surface area contributed by atoms with E-state index < -0.39 is 6.35 Å². The number of likely N-dealkylation sites (N-methyl/N-ethyl adjacent to an activating group) is 1. The van der Waals surface area contributed by atoms with E-state index in [0.717, 1.165) is 45.1 Å². The summed E-state index contributed by atoms with van der Waals surface area (Å²) >= 11 is 0. The van der Waals surface area contributed by atoms with Gasteiger partial charge >= 0.3 is 0 Å². The number of fused-ring (bicyclic) bond motifs is 2. The zero-order valence-electron chi connectivity index (χ0n) is 24.3. The van der Waals surface area contributed by atoms with E-state index in [1.165, 1.54) is 23.6 Å². The van der Waals surface area contributed by atoms with E-state index in [-0.39, 0.29) is 41.9 Å². The predicted molar refractivity (Wildman–Crippen MR) is 155 cm³/mol. The summed E-state index contributed by atoms with van der Waals surface area (Å²) in [6.07, 6.45) is 7.88. The minimum absolute atomic E-state index is 0.0769. The highest BCUT2D eigenvalue weighted by molar-refractivity contribution is 5.91. The van der Waals surface area contributed by atoms with E-state index in [0.29, 0.717) is 38.1 Å². The number of nitrogens with one attached hydrogen (secondary N) is 2. The van der Waals surface area contributed by atoms with Crippen LogP contribution in [0.1, 0.15) is 49.7 Å². The lowest BCUT2D eigenvalue weighted by Crippen LogP contribution is -2.74. The van der Waals surface area contributed by atoms with Crippen LogP contribution in [0.2, 0.25) is 0 Å². The van der Waals surface area contributed by atoms with Gasteiger partial charge in [0.1, 0.15) is 0 Å². The molecule has 220 valence electrons. The molecule has 1 amide bonds. The fourth-order valence-corrected chi connectivity index (χ4v) is 8.20. The molecular formula is C32H44N6O3. The van der Waals surface area contributed by atoms with Crippen LogP contribution < -0.4 is 10.6 Å². The molecule has 4 fully saturated rings. The number of benzene rings is 1. The molecule has 3 aliphatic heterocycles. The zero-order chi connectivity index (χ0) is 28.6. The molecule has 9 nitrogen and oxygen atoms in total. The number of hydrogen-bond donors (Lipinski definition) is 2. The average Bonchev–Trinajstić information content (AvgIpc) is 3.42. The van der Waals surface area contributed by atoms with Crippen molar-refractivity contribution < 1.29 is 14.3 Å². The highest BCUT2D eigenvalue weighted by atomic mass is 16.5. The molecule has 41 heavy (non-hydrogen) atoms. The van der Waals surface area contributed by atoms with Crippen LogP contribution in [0.25, 0.3) is 0 Å². The number of nitrogens with zero attached hydrogens (tertiary/aromatic N) is 4. The second-order valence-corrected chi connectivity index (χ2v) is 12.8. The fourth-order valence-electron chi connectivity index (χ4n) is 8.20. The van der Waals surface area contributed by atoms with Gasteiger partial charge in [-0.15, -0.1) is 0 Å². The number of piperazine rings is 1. The number of Topliss-reactive ketones (excluding diaryl/α,β-unsaturated/α-hetero) is 1. The fraction of sp³-hybridized carbons (Fsp3) is 0.656. The highest BCUT2D eigenvalue weighted by Crippen LogP contribution is 2.47. The number of ketones is 1. The van der Waals surface area contributed by atoms with E-state index in [1.807, 2.05) is 0 Å². The SMILES string of the molecule is C=CC(=O)N1CCN(C2NC(OCC3CCCN3C)NC3C(=O)C4(CCc5ccccc5C4)CCC32)CC1CC#N. The summed E-state index contributed by atoms with van der Waals surface area (Å²) in [4.78, 5) is 33.5. The van der Waals surface area contributed by atoms with Gasteiger partial charge in [0, 0.05) is 37.0 Å². The van der Waals surface area contributed by atoms with E-state index in [4.69, 9.17) is 4.74 Å². The van der Waals surface area contributed by atoms with E-state index in [9.17, 15) is 14.9 Å². The number of hydrogen-bond acceptors (Lipinski definition) is 8. The van der Waals surface area contributed by atoms with Gasteiger partial charge in [-0.05, 0) is 75.7 Å². The van der Waals surface area contributed by atoms with Crippen LogP contribution in [0.3, 0.4) is 0 Å². The van der Waals surface area contributed by atoms with Crippen molar-refractivity contribution in [3.63, 3.8) is 0 Å². The molecule has 2 aliphatic carbocycles. The van der Waals surface area contributed by atoms with Crippen molar-refractivity contribution in [3.05, 3.63) is 48.0 Å². The van der Waals surface area contributed by atoms with Gasteiger partial charge in [-0.25, -0.2) is 0 Å². The molecule has 0 radical (unpaired) electrons. The second-order valence-electron chi connectivity index (χ2n) is 12.8. The Balaban J connectivity index is 1.24. The monoisotopic (exact) mass is 560 g/mol. The largest absolute Gasteiger partial charge is 0.348 e. The quantitative estimate of drug-likeness (QED) is 0.510. The maximum absolute atomic E-state index is 14.5. The molecule has 6 rings (SSSR count). The van der Waals surface area contributed by atoms with E-state index in [2.05, 4.69) is 64.4 Å². The number of likely N-dealkylation sites (tertiary alicyclic amines) is 1. The molecule has 1 aromatic carbocycles. The Kier molecular flexibility index (Phi) is 8.30. The summed E-state index contributed by atoms with van der Waals surface area (Å²) in [6.45, 7) is 7.15. The average molecular weight is 561 g/mol. The van der Waals surface area contributed by atoms with Crippen molar-refractivity contribution in [2.45, 2.75) is 82.0 Å². The molecule has 1 spiro atoms. The molecule has 5 aliphatic rings. The van der Waals surface area contributed by atoms with Gasteiger partial charge in [0.25, 0.3) is 0 Å². The number of aryl methyl sites for hydroxylation is 1. The lowest BCUT2D eigenvalue weighted by Gasteiger charge is -2.55. The van der Waals surface area contributed by atoms with Crippen molar-refractivity contribution >= 4 is 11.7 Å². The van der Waals surface area contributed by atoms with Crippen molar-refractivity contribution in [1.29, 1.82) is 5.26 Å². The predicted octanol–water partition coefficient (Wildman–Crippen LogP) is 2.04. The first-order valence-corrected chi connectivity index (χ1v) is 15.4. The molecular weight excluding hydrogens is 516 g/mol. The molecule has 0 aromatic heterocycles.